The van der Waals surface area contributed by atoms with E-state index in [1.807, 2.05) is 0 Å². The Labute approximate surface area is 131 Å². The molecule has 1 aromatic rings. The van der Waals surface area contributed by atoms with Gasteiger partial charge in [0.15, 0.2) is 0 Å². The molecule has 0 aliphatic heterocycles. The fourth-order valence-electron chi connectivity index (χ4n) is 3.64. The Kier molecular flexibility index (Phi) is 6.76. The minimum absolute atomic E-state index is 0.556. The van der Waals surface area contributed by atoms with Crippen LogP contribution in [0.1, 0.15) is 76.5 Å². The van der Waals surface area contributed by atoms with Gasteiger partial charge in [0.25, 0.3) is 0 Å². The second-order valence-corrected chi connectivity index (χ2v) is 7.24. The molecule has 1 atom stereocenters. The molecule has 1 saturated carbocycles. The molecule has 0 amide bonds. The lowest BCUT2D eigenvalue weighted by Crippen LogP contribution is -2.24. The largest absolute Gasteiger partial charge is 0.310 e. The van der Waals surface area contributed by atoms with E-state index in [1.54, 1.807) is 0 Å². The highest BCUT2D eigenvalue weighted by Crippen LogP contribution is 2.33. The molecule has 1 aromatic carbocycles. The fraction of sp³-hybridized carbons (Fsp3) is 0.700. The summed E-state index contributed by atoms with van der Waals surface area (Å²) in [4.78, 5) is 0. The summed E-state index contributed by atoms with van der Waals surface area (Å²) in [6, 6.07) is 9.87. The van der Waals surface area contributed by atoms with Crippen LogP contribution in [0.2, 0.25) is 0 Å². The van der Waals surface area contributed by atoms with Crippen molar-refractivity contribution in [2.24, 2.45) is 11.8 Å². The van der Waals surface area contributed by atoms with Gasteiger partial charge in [0, 0.05) is 6.04 Å². The second kappa shape index (κ2) is 8.58. The highest BCUT2D eigenvalue weighted by molar-refractivity contribution is 5.26. The van der Waals surface area contributed by atoms with Crippen molar-refractivity contribution in [2.45, 2.75) is 71.8 Å². The van der Waals surface area contributed by atoms with Gasteiger partial charge in [0.05, 0.1) is 0 Å². The quantitative estimate of drug-likeness (QED) is 0.665. The van der Waals surface area contributed by atoms with Crippen LogP contribution in [-0.4, -0.2) is 6.54 Å². The zero-order chi connectivity index (χ0) is 15.1. The molecule has 1 nitrogen and oxygen atoms in total. The lowest BCUT2D eigenvalue weighted by molar-refractivity contribution is 0.395. The van der Waals surface area contributed by atoms with Gasteiger partial charge < -0.3 is 5.32 Å². The average molecular weight is 287 g/mol. The molecule has 21 heavy (non-hydrogen) atoms. The van der Waals surface area contributed by atoms with Crippen LogP contribution >= 0.6 is 0 Å². The van der Waals surface area contributed by atoms with E-state index in [0.717, 1.165) is 18.4 Å². The Hall–Kier alpha value is -0.820. The highest BCUT2D eigenvalue weighted by atomic mass is 14.9. The van der Waals surface area contributed by atoms with E-state index in [-0.39, 0.29) is 0 Å². The van der Waals surface area contributed by atoms with Crippen molar-refractivity contribution >= 4 is 0 Å². The number of hydrogen-bond acceptors (Lipinski definition) is 1. The molecule has 0 spiro atoms. The zero-order valence-electron chi connectivity index (χ0n) is 14.2. The summed E-state index contributed by atoms with van der Waals surface area (Å²) in [6.45, 7) is 8.00. The molecule has 1 fully saturated rings. The molecule has 1 N–H and O–H groups in total. The first-order valence-corrected chi connectivity index (χ1v) is 9.01. The van der Waals surface area contributed by atoms with Gasteiger partial charge in [-0.3, -0.25) is 0 Å². The lowest BCUT2D eigenvalue weighted by Gasteiger charge is -2.23. The molecule has 0 radical (unpaired) electrons. The lowest BCUT2D eigenvalue weighted by atomic mass is 9.91. The first-order valence-electron chi connectivity index (χ1n) is 9.01. The number of rotatable bonds is 8. The van der Waals surface area contributed by atoms with Crippen molar-refractivity contribution in [3.05, 3.63) is 35.4 Å². The summed E-state index contributed by atoms with van der Waals surface area (Å²) in [5.74, 6) is 1.67. The maximum atomic E-state index is 3.79. The van der Waals surface area contributed by atoms with E-state index in [4.69, 9.17) is 0 Å². The monoisotopic (exact) mass is 287 g/mol. The van der Waals surface area contributed by atoms with Crippen LogP contribution in [0.4, 0.5) is 0 Å². The van der Waals surface area contributed by atoms with Crippen LogP contribution in [0, 0.1) is 11.8 Å². The van der Waals surface area contributed by atoms with Crippen LogP contribution in [0.15, 0.2) is 24.3 Å². The van der Waals surface area contributed by atoms with E-state index in [9.17, 15) is 0 Å². The maximum Gasteiger partial charge on any atom is 0.0322 e. The number of nitrogens with one attached hydrogen (secondary N) is 1. The van der Waals surface area contributed by atoms with Crippen LogP contribution in [-0.2, 0) is 6.42 Å². The fourth-order valence-corrected chi connectivity index (χ4v) is 3.64. The van der Waals surface area contributed by atoms with Crippen molar-refractivity contribution in [3.63, 3.8) is 0 Å². The molecular formula is C20H33N. The molecule has 1 heteroatoms. The van der Waals surface area contributed by atoms with Gasteiger partial charge in [-0.1, -0.05) is 70.7 Å². The summed E-state index contributed by atoms with van der Waals surface area (Å²) < 4.78 is 0. The standard InChI is InChI=1S/C20H33N/c1-4-12-21-20(15-17-8-5-6-9-17)19-11-7-10-18(14-19)13-16(2)3/h7,10-11,14,16-17,20-21H,4-6,8-9,12-13,15H2,1-3H3. The Morgan fingerprint density at radius 1 is 1.19 bits per heavy atom. The van der Waals surface area contributed by atoms with Crippen LogP contribution < -0.4 is 5.32 Å². The van der Waals surface area contributed by atoms with Crippen LogP contribution in [0.5, 0.6) is 0 Å². The third-order valence-electron chi connectivity index (χ3n) is 4.68. The first kappa shape index (κ1) is 16.5. The van der Waals surface area contributed by atoms with Gasteiger partial charge in [0.1, 0.15) is 0 Å². The van der Waals surface area contributed by atoms with Gasteiger partial charge in [0.2, 0.25) is 0 Å². The summed E-state index contributed by atoms with van der Waals surface area (Å²) in [5.41, 5.74) is 3.01. The predicted octanol–water partition coefficient (Wildman–Crippen LogP) is 5.51. The minimum atomic E-state index is 0.556. The van der Waals surface area contributed by atoms with Crippen molar-refractivity contribution in [3.8, 4) is 0 Å². The van der Waals surface area contributed by atoms with Crippen molar-refractivity contribution < 1.29 is 0 Å². The molecule has 1 aliphatic rings. The highest BCUT2D eigenvalue weighted by Gasteiger charge is 2.21. The Bertz CT molecular complexity index is 404. The van der Waals surface area contributed by atoms with Gasteiger partial charge in [-0.2, -0.15) is 0 Å². The molecule has 0 saturated heterocycles. The molecule has 1 unspecified atom stereocenters. The van der Waals surface area contributed by atoms with E-state index in [1.165, 1.54) is 56.1 Å². The van der Waals surface area contributed by atoms with E-state index < -0.39 is 0 Å². The molecular weight excluding hydrogens is 254 g/mol. The van der Waals surface area contributed by atoms with E-state index >= 15 is 0 Å². The summed E-state index contributed by atoms with van der Waals surface area (Å²) in [7, 11) is 0. The third kappa shape index (κ3) is 5.47. The Morgan fingerprint density at radius 3 is 2.62 bits per heavy atom. The zero-order valence-corrected chi connectivity index (χ0v) is 14.2. The minimum Gasteiger partial charge on any atom is -0.310 e. The normalized spacial score (nSPS) is 17.5. The average Bonchev–Trinajstić information content (AvgIpc) is 2.96. The Balaban J connectivity index is 2.06. The Morgan fingerprint density at radius 2 is 1.95 bits per heavy atom. The summed E-state index contributed by atoms with van der Waals surface area (Å²) in [5, 5.41) is 3.79. The molecule has 0 heterocycles. The van der Waals surface area contributed by atoms with Gasteiger partial charge >= 0.3 is 0 Å². The van der Waals surface area contributed by atoms with Crippen molar-refractivity contribution in [2.75, 3.05) is 6.54 Å². The molecule has 0 aromatic heterocycles. The molecule has 118 valence electrons. The number of benzene rings is 1. The second-order valence-electron chi connectivity index (χ2n) is 7.24. The van der Waals surface area contributed by atoms with E-state index in [0.29, 0.717) is 6.04 Å². The number of hydrogen-bond donors (Lipinski definition) is 1. The van der Waals surface area contributed by atoms with Crippen LogP contribution in [0.25, 0.3) is 0 Å². The maximum absolute atomic E-state index is 3.79. The SMILES string of the molecule is CCCNC(CC1CCCC1)c1cccc(CC(C)C)c1. The smallest absolute Gasteiger partial charge is 0.0322 e. The van der Waals surface area contributed by atoms with Crippen molar-refractivity contribution in [1.82, 2.24) is 5.32 Å². The third-order valence-corrected chi connectivity index (χ3v) is 4.68. The first-order chi connectivity index (χ1) is 10.2. The van der Waals surface area contributed by atoms with Gasteiger partial charge in [-0.25, -0.2) is 0 Å². The molecule has 1 aliphatic carbocycles. The summed E-state index contributed by atoms with van der Waals surface area (Å²) in [6.07, 6.45) is 9.50. The van der Waals surface area contributed by atoms with Crippen LogP contribution in [0.3, 0.4) is 0 Å². The van der Waals surface area contributed by atoms with Gasteiger partial charge in [-0.05, 0) is 48.8 Å². The summed E-state index contributed by atoms with van der Waals surface area (Å²) >= 11 is 0. The van der Waals surface area contributed by atoms with Crippen molar-refractivity contribution in [1.29, 1.82) is 0 Å². The topological polar surface area (TPSA) is 12.0 Å². The van der Waals surface area contributed by atoms with E-state index in [2.05, 4.69) is 50.4 Å². The van der Waals surface area contributed by atoms with Gasteiger partial charge in [-0.15, -0.1) is 0 Å². The molecule has 2 rings (SSSR count). The molecule has 0 bridgehead atoms. The predicted molar refractivity (Wildman–Crippen MR) is 92.6 cm³/mol.